The molecule has 1 atom stereocenters. The monoisotopic (exact) mass is 355 g/mol. The van der Waals surface area contributed by atoms with Crippen molar-refractivity contribution in [3.63, 3.8) is 0 Å². The molecule has 128 valence electrons. The van der Waals surface area contributed by atoms with Gasteiger partial charge in [0, 0.05) is 25.0 Å². The summed E-state index contributed by atoms with van der Waals surface area (Å²) in [5, 5.41) is 5.83. The van der Waals surface area contributed by atoms with Crippen LogP contribution in [0.25, 0.3) is 0 Å². The van der Waals surface area contributed by atoms with Gasteiger partial charge >= 0.3 is 0 Å². The number of nitrogens with one attached hydrogen (secondary N) is 2. The lowest BCUT2D eigenvalue weighted by atomic mass is 10.1. The van der Waals surface area contributed by atoms with Crippen molar-refractivity contribution in [3.05, 3.63) is 35.9 Å². The van der Waals surface area contributed by atoms with Gasteiger partial charge in [0.1, 0.15) is 0 Å². The van der Waals surface area contributed by atoms with Crippen LogP contribution in [0.3, 0.4) is 0 Å². The van der Waals surface area contributed by atoms with Gasteiger partial charge in [-0.25, -0.2) is 0 Å². The third kappa shape index (κ3) is 9.53. The predicted molar refractivity (Wildman–Crippen MR) is 99.3 cm³/mol. The minimum Gasteiger partial charge on any atom is -0.368 e. The molecular weight excluding hydrogens is 330 g/mol. The van der Waals surface area contributed by atoms with Gasteiger partial charge in [0.25, 0.3) is 0 Å². The van der Waals surface area contributed by atoms with Crippen LogP contribution >= 0.6 is 21.6 Å². The summed E-state index contributed by atoms with van der Waals surface area (Å²) in [6.45, 7) is 0.753. The summed E-state index contributed by atoms with van der Waals surface area (Å²) >= 11 is 0. The van der Waals surface area contributed by atoms with Gasteiger partial charge in [-0.15, -0.1) is 0 Å². The molecular formula is C16H25N3O2S2. The molecule has 0 spiro atoms. The maximum absolute atomic E-state index is 11.5. The van der Waals surface area contributed by atoms with E-state index in [0.29, 0.717) is 12.8 Å². The molecule has 0 aromatic heterocycles. The molecule has 0 saturated heterocycles. The van der Waals surface area contributed by atoms with Gasteiger partial charge in [-0.3, -0.25) is 9.59 Å². The lowest BCUT2D eigenvalue weighted by Gasteiger charge is -2.15. The topological polar surface area (TPSA) is 84.2 Å². The summed E-state index contributed by atoms with van der Waals surface area (Å²) in [5.41, 5.74) is 6.56. The van der Waals surface area contributed by atoms with Crippen molar-refractivity contribution in [1.82, 2.24) is 10.6 Å². The number of carbonyl (C=O) groups excluding carboxylic acids is 2. The van der Waals surface area contributed by atoms with Crippen molar-refractivity contribution in [2.45, 2.75) is 25.3 Å². The summed E-state index contributed by atoms with van der Waals surface area (Å²) in [6.07, 6.45) is 2.12. The molecule has 23 heavy (non-hydrogen) atoms. The molecule has 0 fully saturated rings. The van der Waals surface area contributed by atoms with Crippen LogP contribution in [0.15, 0.2) is 30.3 Å². The first-order valence-electron chi connectivity index (χ1n) is 7.65. The van der Waals surface area contributed by atoms with Crippen LogP contribution in [-0.2, 0) is 16.0 Å². The van der Waals surface area contributed by atoms with E-state index < -0.39 is 0 Å². The van der Waals surface area contributed by atoms with E-state index in [1.807, 2.05) is 30.3 Å². The Hall–Kier alpha value is -1.18. The Balaban J connectivity index is 2.12. The van der Waals surface area contributed by atoms with E-state index in [1.54, 1.807) is 28.6 Å². The zero-order valence-electron chi connectivity index (χ0n) is 13.4. The van der Waals surface area contributed by atoms with E-state index in [9.17, 15) is 9.59 Å². The summed E-state index contributed by atoms with van der Waals surface area (Å²) < 4.78 is 0. The van der Waals surface area contributed by atoms with Gasteiger partial charge in [-0.2, -0.15) is 0 Å². The molecule has 0 aliphatic rings. The Bertz CT molecular complexity index is 472. The number of primary amides is 1. The normalized spacial score (nSPS) is 11.9. The molecule has 0 aliphatic heterocycles. The molecule has 0 radical (unpaired) electrons. The molecule has 1 aromatic carbocycles. The van der Waals surface area contributed by atoms with Gasteiger partial charge in [0.2, 0.25) is 11.8 Å². The van der Waals surface area contributed by atoms with Crippen molar-refractivity contribution in [2.75, 3.05) is 25.1 Å². The van der Waals surface area contributed by atoms with E-state index in [1.165, 1.54) is 0 Å². The van der Waals surface area contributed by atoms with Crippen LogP contribution in [0.1, 0.15) is 18.4 Å². The Morgan fingerprint density at radius 1 is 1.17 bits per heavy atom. The highest BCUT2D eigenvalue weighted by Crippen LogP contribution is 2.22. The summed E-state index contributed by atoms with van der Waals surface area (Å²) in [7, 11) is 5.10. The van der Waals surface area contributed by atoms with Crippen molar-refractivity contribution in [2.24, 2.45) is 5.73 Å². The van der Waals surface area contributed by atoms with Crippen LogP contribution in [0, 0.1) is 0 Å². The Kier molecular flexibility index (Phi) is 10.6. The number of rotatable bonds is 12. The SMILES string of the molecule is CNC(=O)CCSSCCCN[C@H](Cc1ccccc1)C(N)=O. The second-order valence-electron chi connectivity index (χ2n) is 5.02. The van der Waals surface area contributed by atoms with Crippen LogP contribution in [0.2, 0.25) is 0 Å². The maximum atomic E-state index is 11.5. The number of benzene rings is 1. The number of hydrogen-bond acceptors (Lipinski definition) is 5. The first kappa shape index (κ1) is 19.9. The van der Waals surface area contributed by atoms with Crippen LogP contribution in [0.4, 0.5) is 0 Å². The average Bonchev–Trinajstić information content (AvgIpc) is 2.56. The smallest absolute Gasteiger partial charge is 0.234 e. The second kappa shape index (κ2) is 12.3. The van der Waals surface area contributed by atoms with Crippen LogP contribution in [0.5, 0.6) is 0 Å². The standard InChI is InChI=1S/C16H25N3O2S2/c1-18-15(20)8-11-23-22-10-5-9-19-14(16(17)21)12-13-6-3-2-4-7-13/h2-4,6-7,14,19H,5,8-12H2,1H3,(H2,17,21)(H,18,20)/t14-/m1/s1. The molecule has 2 amide bonds. The van der Waals surface area contributed by atoms with Crippen LogP contribution in [-0.4, -0.2) is 43.0 Å². The molecule has 0 heterocycles. The predicted octanol–water partition coefficient (Wildman–Crippen LogP) is 1.58. The number of amides is 2. The zero-order valence-corrected chi connectivity index (χ0v) is 15.1. The molecule has 7 heteroatoms. The lowest BCUT2D eigenvalue weighted by molar-refractivity contribution is -0.120. The first-order chi connectivity index (χ1) is 11.1. The second-order valence-corrected chi connectivity index (χ2v) is 7.72. The fraction of sp³-hybridized carbons (Fsp3) is 0.500. The van der Waals surface area contributed by atoms with Gasteiger partial charge in [-0.1, -0.05) is 51.9 Å². The fourth-order valence-corrected chi connectivity index (χ4v) is 3.99. The number of carbonyl (C=O) groups is 2. The Morgan fingerprint density at radius 2 is 1.87 bits per heavy atom. The quantitative estimate of drug-likeness (QED) is 0.392. The minimum absolute atomic E-state index is 0.0741. The lowest BCUT2D eigenvalue weighted by Crippen LogP contribution is -2.43. The maximum Gasteiger partial charge on any atom is 0.234 e. The van der Waals surface area contributed by atoms with Crippen LogP contribution < -0.4 is 16.4 Å². The molecule has 5 nitrogen and oxygen atoms in total. The molecule has 4 N–H and O–H groups in total. The third-order valence-electron chi connectivity index (χ3n) is 3.20. The van der Waals surface area contributed by atoms with E-state index in [-0.39, 0.29) is 17.9 Å². The largest absolute Gasteiger partial charge is 0.368 e. The van der Waals surface area contributed by atoms with Crippen molar-refractivity contribution in [1.29, 1.82) is 0 Å². The van der Waals surface area contributed by atoms with Gasteiger partial charge in [0.15, 0.2) is 0 Å². The highest BCUT2D eigenvalue weighted by molar-refractivity contribution is 8.76. The molecule has 1 rings (SSSR count). The Morgan fingerprint density at radius 3 is 2.52 bits per heavy atom. The van der Waals surface area contributed by atoms with Gasteiger partial charge in [-0.05, 0) is 24.9 Å². The highest BCUT2D eigenvalue weighted by Gasteiger charge is 2.14. The first-order valence-corrected chi connectivity index (χ1v) is 10.1. The third-order valence-corrected chi connectivity index (χ3v) is 5.69. The summed E-state index contributed by atoms with van der Waals surface area (Å²) in [6, 6.07) is 9.53. The van der Waals surface area contributed by atoms with Gasteiger partial charge in [0.05, 0.1) is 6.04 Å². The highest BCUT2D eigenvalue weighted by atomic mass is 33.1. The van der Waals surface area contributed by atoms with E-state index in [4.69, 9.17) is 5.73 Å². The summed E-state index contributed by atoms with van der Waals surface area (Å²) in [5.74, 6) is 1.55. The van der Waals surface area contributed by atoms with E-state index in [0.717, 1.165) is 30.0 Å². The molecule has 0 unspecified atom stereocenters. The molecule has 0 bridgehead atoms. The number of nitrogens with two attached hydrogens (primary N) is 1. The molecule has 0 saturated carbocycles. The minimum atomic E-state index is -0.330. The zero-order chi connectivity index (χ0) is 16.9. The van der Waals surface area contributed by atoms with Gasteiger partial charge < -0.3 is 16.4 Å². The molecule has 1 aromatic rings. The average molecular weight is 356 g/mol. The van der Waals surface area contributed by atoms with Crippen molar-refractivity contribution >= 4 is 33.4 Å². The Labute approximate surface area is 145 Å². The fourth-order valence-electron chi connectivity index (χ4n) is 1.91. The van der Waals surface area contributed by atoms with E-state index >= 15 is 0 Å². The van der Waals surface area contributed by atoms with Crippen molar-refractivity contribution in [3.8, 4) is 0 Å². The van der Waals surface area contributed by atoms with E-state index in [2.05, 4.69) is 10.6 Å². The summed E-state index contributed by atoms with van der Waals surface area (Å²) in [4.78, 5) is 22.6. The molecule has 0 aliphatic carbocycles. The van der Waals surface area contributed by atoms with Crippen molar-refractivity contribution < 1.29 is 9.59 Å². The number of hydrogen-bond donors (Lipinski definition) is 3.